The molecular formula is C15H24N4O. The predicted octanol–water partition coefficient (Wildman–Crippen LogP) is 2.36. The SMILES string of the molecule is CC(C)Oc1cccc2c1nc(N)n2CCCN(C)C. The molecule has 0 aliphatic rings. The number of benzene rings is 1. The molecule has 0 saturated heterocycles. The average molecular weight is 276 g/mol. The monoisotopic (exact) mass is 276 g/mol. The molecule has 1 heterocycles. The van der Waals surface area contributed by atoms with Gasteiger partial charge < -0.3 is 19.9 Å². The van der Waals surface area contributed by atoms with Crippen molar-refractivity contribution < 1.29 is 4.74 Å². The van der Waals surface area contributed by atoms with Crippen molar-refractivity contribution >= 4 is 17.0 Å². The first-order valence-electron chi connectivity index (χ1n) is 7.05. The van der Waals surface area contributed by atoms with Gasteiger partial charge in [-0.15, -0.1) is 0 Å². The van der Waals surface area contributed by atoms with Crippen molar-refractivity contribution in [2.24, 2.45) is 0 Å². The summed E-state index contributed by atoms with van der Waals surface area (Å²) >= 11 is 0. The van der Waals surface area contributed by atoms with Gasteiger partial charge in [0.15, 0.2) is 0 Å². The van der Waals surface area contributed by atoms with Crippen molar-refractivity contribution in [2.75, 3.05) is 26.4 Å². The fraction of sp³-hybridized carbons (Fsp3) is 0.533. The molecule has 20 heavy (non-hydrogen) atoms. The zero-order valence-electron chi connectivity index (χ0n) is 12.8. The van der Waals surface area contributed by atoms with Gasteiger partial charge in [-0.05, 0) is 53.0 Å². The standard InChI is InChI=1S/C15H24N4O/c1-11(2)20-13-8-5-7-12-14(13)17-15(16)19(12)10-6-9-18(3)4/h5,7-8,11H,6,9-10H2,1-4H3,(H2,16,17). The van der Waals surface area contributed by atoms with E-state index in [1.54, 1.807) is 0 Å². The maximum absolute atomic E-state index is 6.05. The van der Waals surface area contributed by atoms with E-state index in [0.717, 1.165) is 36.3 Å². The van der Waals surface area contributed by atoms with Crippen LogP contribution >= 0.6 is 0 Å². The first kappa shape index (κ1) is 14.7. The Morgan fingerprint density at radius 2 is 2.10 bits per heavy atom. The number of para-hydroxylation sites is 1. The minimum absolute atomic E-state index is 0.126. The molecule has 0 unspecified atom stereocenters. The molecule has 5 nitrogen and oxygen atoms in total. The van der Waals surface area contributed by atoms with E-state index in [1.165, 1.54) is 0 Å². The Kier molecular flexibility index (Phi) is 4.49. The van der Waals surface area contributed by atoms with Gasteiger partial charge in [0.2, 0.25) is 5.95 Å². The molecule has 0 aliphatic heterocycles. The Morgan fingerprint density at radius 1 is 1.35 bits per heavy atom. The number of fused-ring (bicyclic) bond motifs is 1. The maximum atomic E-state index is 6.05. The lowest BCUT2D eigenvalue weighted by atomic mass is 10.3. The summed E-state index contributed by atoms with van der Waals surface area (Å²) in [6.07, 6.45) is 1.17. The quantitative estimate of drug-likeness (QED) is 0.880. The average Bonchev–Trinajstić information content (AvgIpc) is 2.66. The number of imidazole rings is 1. The summed E-state index contributed by atoms with van der Waals surface area (Å²) in [5, 5.41) is 0. The Balaban J connectivity index is 2.29. The van der Waals surface area contributed by atoms with Gasteiger partial charge in [0.05, 0.1) is 11.6 Å². The lowest BCUT2D eigenvalue weighted by molar-refractivity contribution is 0.245. The van der Waals surface area contributed by atoms with Crippen LogP contribution in [0.3, 0.4) is 0 Å². The first-order valence-corrected chi connectivity index (χ1v) is 7.05. The van der Waals surface area contributed by atoms with E-state index in [-0.39, 0.29) is 6.10 Å². The second-order valence-corrected chi connectivity index (χ2v) is 5.57. The Morgan fingerprint density at radius 3 is 2.75 bits per heavy atom. The molecule has 0 radical (unpaired) electrons. The summed E-state index contributed by atoms with van der Waals surface area (Å²) < 4.78 is 7.86. The van der Waals surface area contributed by atoms with Crippen LogP contribution in [-0.4, -0.2) is 41.2 Å². The molecule has 2 N–H and O–H groups in total. The normalized spacial score (nSPS) is 11.7. The topological polar surface area (TPSA) is 56.3 Å². The summed E-state index contributed by atoms with van der Waals surface area (Å²) in [4.78, 5) is 6.64. The van der Waals surface area contributed by atoms with Crippen molar-refractivity contribution in [3.63, 3.8) is 0 Å². The van der Waals surface area contributed by atoms with Crippen molar-refractivity contribution in [1.29, 1.82) is 0 Å². The van der Waals surface area contributed by atoms with E-state index in [1.807, 2.05) is 32.0 Å². The highest BCUT2D eigenvalue weighted by Crippen LogP contribution is 2.27. The third kappa shape index (κ3) is 3.22. The Hall–Kier alpha value is -1.75. The van der Waals surface area contributed by atoms with Gasteiger partial charge in [-0.1, -0.05) is 6.07 Å². The van der Waals surface area contributed by atoms with E-state index in [9.17, 15) is 0 Å². The van der Waals surface area contributed by atoms with E-state index in [0.29, 0.717) is 5.95 Å². The molecule has 0 atom stereocenters. The van der Waals surface area contributed by atoms with Crippen LogP contribution < -0.4 is 10.5 Å². The molecule has 0 amide bonds. The Bertz CT molecular complexity index is 575. The van der Waals surface area contributed by atoms with Crippen LogP contribution in [0.25, 0.3) is 11.0 Å². The number of hydrogen-bond donors (Lipinski definition) is 1. The minimum atomic E-state index is 0.126. The molecule has 1 aromatic carbocycles. The van der Waals surface area contributed by atoms with E-state index in [4.69, 9.17) is 10.5 Å². The molecule has 110 valence electrons. The third-order valence-corrected chi connectivity index (χ3v) is 3.12. The number of anilines is 1. The zero-order valence-corrected chi connectivity index (χ0v) is 12.8. The van der Waals surface area contributed by atoms with Crippen molar-refractivity contribution in [1.82, 2.24) is 14.5 Å². The molecule has 2 rings (SSSR count). The molecule has 5 heteroatoms. The van der Waals surface area contributed by atoms with Crippen molar-refractivity contribution in [2.45, 2.75) is 32.9 Å². The van der Waals surface area contributed by atoms with Crippen LogP contribution in [0.2, 0.25) is 0 Å². The zero-order chi connectivity index (χ0) is 14.7. The van der Waals surface area contributed by atoms with Gasteiger partial charge in [-0.3, -0.25) is 0 Å². The van der Waals surface area contributed by atoms with E-state index < -0.39 is 0 Å². The molecular weight excluding hydrogens is 252 g/mol. The van der Waals surface area contributed by atoms with Gasteiger partial charge in [0.1, 0.15) is 11.3 Å². The fourth-order valence-electron chi connectivity index (χ4n) is 2.27. The molecule has 0 fully saturated rings. The van der Waals surface area contributed by atoms with Crippen molar-refractivity contribution in [3.05, 3.63) is 18.2 Å². The molecule has 0 bridgehead atoms. The number of nitrogen functional groups attached to an aromatic ring is 1. The number of ether oxygens (including phenoxy) is 1. The van der Waals surface area contributed by atoms with Crippen LogP contribution in [0.5, 0.6) is 5.75 Å². The number of rotatable bonds is 6. The minimum Gasteiger partial charge on any atom is -0.489 e. The van der Waals surface area contributed by atoms with Gasteiger partial charge in [0.25, 0.3) is 0 Å². The second-order valence-electron chi connectivity index (χ2n) is 5.57. The van der Waals surface area contributed by atoms with Crippen molar-refractivity contribution in [3.8, 4) is 5.75 Å². The number of hydrogen-bond acceptors (Lipinski definition) is 4. The van der Waals surface area contributed by atoms with Crippen LogP contribution in [0.4, 0.5) is 5.95 Å². The lowest BCUT2D eigenvalue weighted by Gasteiger charge is -2.12. The number of nitrogens with zero attached hydrogens (tertiary/aromatic N) is 3. The summed E-state index contributed by atoms with van der Waals surface area (Å²) in [5.74, 6) is 1.36. The van der Waals surface area contributed by atoms with E-state index in [2.05, 4.69) is 28.5 Å². The molecule has 0 aliphatic carbocycles. The fourth-order valence-corrected chi connectivity index (χ4v) is 2.27. The smallest absolute Gasteiger partial charge is 0.201 e. The van der Waals surface area contributed by atoms with Crippen LogP contribution in [0, 0.1) is 0 Å². The molecule has 1 aromatic heterocycles. The highest BCUT2D eigenvalue weighted by Gasteiger charge is 2.13. The molecule has 2 aromatic rings. The van der Waals surface area contributed by atoms with Gasteiger partial charge >= 0.3 is 0 Å². The van der Waals surface area contributed by atoms with Crippen LogP contribution in [0.1, 0.15) is 20.3 Å². The van der Waals surface area contributed by atoms with Gasteiger partial charge in [-0.2, -0.15) is 0 Å². The summed E-state index contributed by atoms with van der Waals surface area (Å²) in [5.41, 5.74) is 7.94. The van der Waals surface area contributed by atoms with E-state index >= 15 is 0 Å². The Labute approximate surface area is 120 Å². The van der Waals surface area contributed by atoms with Crippen LogP contribution in [-0.2, 0) is 6.54 Å². The number of aryl methyl sites for hydroxylation is 1. The largest absolute Gasteiger partial charge is 0.489 e. The second kappa shape index (κ2) is 6.13. The summed E-state index contributed by atoms with van der Waals surface area (Å²) in [6, 6.07) is 5.98. The van der Waals surface area contributed by atoms with Gasteiger partial charge in [-0.25, -0.2) is 4.98 Å². The third-order valence-electron chi connectivity index (χ3n) is 3.12. The highest BCUT2D eigenvalue weighted by molar-refractivity contribution is 5.84. The highest BCUT2D eigenvalue weighted by atomic mass is 16.5. The van der Waals surface area contributed by atoms with Gasteiger partial charge in [0, 0.05) is 6.54 Å². The summed E-state index contributed by atoms with van der Waals surface area (Å²) in [7, 11) is 4.15. The first-order chi connectivity index (χ1) is 9.49. The summed E-state index contributed by atoms with van der Waals surface area (Å²) in [6.45, 7) is 5.92. The number of aromatic nitrogens is 2. The molecule has 0 saturated carbocycles. The predicted molar refractivity (Wildman–Crippen MR) is 83.1 cm³/mol. The molecule has 0 spiro atoms. The van der Waals surface area contributed by atoms with Crippen LogP contribution in [0.15, 0.2) is 18.2 Å². The lowest BCUT2D eigenvalue weighted by Crippen LogP contribution is -2.15. The number of nitrogens with two attached hydrogens (primary N) is 1. The maximum Gasteiger partial charge on any atom is 0.201 e.